The molecule has 0 radical (unpaired) electrons. The number of rotatable bonds is 1. The largest absolute Gasteiger partial charge is 0.232 e. The Morgan fingerprint density at radius 2 is 1.94 bits per heavy atom. The van der Waals surface area contributed by atoms with Gasteiger partial charge in [-0.15, -0.1) is 11.3 Å². The van der Waals surface area contributed by atoms with Crippen LogP contribution in [-0.4, -0.2) is 9.97 Å². The Bertz CT molecular complexity index is 578. The second kappa shape index (κ2) is 4.03. The molecule has 0 atom stereocenters. The first-order valence-corrected chi connectivity index (χ1v) is 5.75. The molecule has 0 saturated carbocycles. The summed E-state index contributed by atoms with van der Waals surface area (Å²) in [6.07, 6.45) is 0. The van der Waals surface area contributed by atoms with Crippen molar-refractivity contribution in [2.45, 2.75) is 20.8 Å². The van der Waals surface area contributed by atoms with Crippen LogP contribution < -0.4 is 0 Å². The predicted molar refractivity (Wildman–Crippen MR) is 64.3 cm³/mol. The van der Waals surface area contributed by atoms with E-state index in [4.69, 9.17) is 5.26 Å². The molecule has 0 aliphatic heterocycles. The summed E-state index contributed by atoms with van der Waals surface area (Å²) in [5, 5.41) is 8.98. The molecule has 0 N–H and O–H groups in total. The minimum absolute atomic E-state index is 0.466. The van der Waals surface area contributed by atoms with E-state index in [1.165, 1.54) is 4.88 Å². The Balaban J connectivity index is 2.60. The second-order valence-electron chi connectivity index (χ2n) is 3.63. The highest BCUT2D eigenvalue weighted by Gasteiger charge is 2.10. The van der Waals surface area contributed by atoms with Crippen molar-refractivity contribution in [1.82, 2.24) is 9.97 Å². The molecule has 0 amide bonds. The quantitative estimate of drug-likeness (QED) is 0.755. The van der Waals surface area contributed by atoms with Crippen LogP contribution in [0.4, 0.5) is 0 Å². The van der Waals surface area contributed by atoms with Crippen LogP contribution in [-0.2, 0) is 0 Å². The van der Waals surface area contributed by atoms with E-state index >= 15 is 0 Å². The average Bonchev–Trinajstić information content (AvgIpc) is 2.69. The van der Waals surface area contributed by atoms with E-state index < -0.39 is 0 Å². The molecule has 0 aliphatic rings. The molecule has 0 saturated heterocycles. The van der Waals surface area contributed by atoms with E-state index in [2.05, 4.69) is 16.0 Å². The van der Waals surface area contributed by atoms with Gasteiger partial charge >= 0.3 is 0 Å². The van der Waals surface area contributed by atoms with Gasteiger partial charge in [0.2, 0.25) is 0 Å². The summed E-state index contributed by atoms with van der Waals surface area (Å²) in [6, 6.07) is 6.13. The maximum atomic E-state index is 8.98. The summed E-state index contributed by atoms with van der Waals surface area (Å²) in [5.41, 5.74) is 2.20. The standard InChI is InChI=1S/C12H11N3S/c1-7-4-5-11(16-7)12-14-9(3)8(2)10(6-13)15-12/h4-5H,1-3H3. The molecule has 2 heterocycles. The SMILES string of the molecule is Cc1ccc(-c2nc(C)c(C)c(C#N)n2)s1. The first-order valence-electron chi connectivity index (χ1n) is 4.94. The van der Waals surface area contributed by atoms with E-state index in [0.717, 1.165) is 16.1 Å². The predicted octanol–water partition coefficient (Wildman–Crippen LogP) is 3.00. The normalized spacial score (nSPS) is 10.1. The zero-order chi connectivity index (χ0) is 11.7. The van der Waals surface area contributed by atoms with Crippen molar-refractivity contribution in [3.63, 3.8) is 0 Å². The van der Waals surface area contributed by atoms with Gasteiger partial charge in [0.05, 0.1) is 4.88 Å². The van der Waals surface area contributed by atoms with Gasteiger partial charge in [0, 0.05) is 16.1 Å². The van der Waals surface area contributed by atoms with Crippen LogP contribution in [0.3, 0.4) is 0 Å². The zero-order valence-electron chi connectivity index (χ0n) is 9.40. The fourth-order valence-corrected chi connectivity index (χ4v) is 2.20. The van der Waals surface area contributed by atoms with Crippen LogP contribution in [0.2, 0.25) is 0 Å². The number of nitrogens with zero attached hydrogens (tertiary/aromatic N) is 3. The summed E-state index contributed by atoms with van der Waals surface area (Å²) < 4.78 is 0. The van der Waals surface area contributed by atoms with E-state index in [1.54, 1.807) is 11.3 Å². The van der Waals surface area contributed by atoms with Crippen molar-refractivity contribution in [3.8, 4) is 16.8 Å². The van der Waals surface area contributed by atoms with Gasteiger partial charge < -0.3 is 0 Å². The lowest BCUT2D eigenvalue weighted by atomic mass is 10.2. The third kappa shape index (κ3) is 1.82. The van der Waals surface area contributed by atoms with Crippen molar-refractivity contribution < 1.29 is 0 Å². The monoisotopic (exact) mass is 229 g/mol. The highest BCUT2D eigenvalue weighted by Crippen LogP contribution is 2.25. The van der Waals surface area contributed by atoms with Crippen LogP contribution >= 0.6 is 11.3 Å². The Labute approximate surface area is 98.4 Å². The van der Waals surface area contributed by atoms with Crippen molar-refractivity contribution in [2.24, 2.45) is 0 Å². The molecule has 0 spiro atoms. The smallest absolute Gasteiger partial charge is 0.171 e. The Morgan fingerprint density at radius 3 is 2.50 bits per heavy atom. The van der Waals surface area contributed by atoms with Crippen molar-refractivity contribution in [2.75, 3.05) is 0 Å². The van der Waals surface area contributed by atoms with E-state index in [9.17, 15) is 0 Å². The molecule has 0 aliphatic carbocycles. The Morgan fingerprint density at radius 1 is 1.19 bits per heavy atom. The minimum atomic E-state index is 0.466. The second-order valence-corrected chi connectivity index (χ2v) is 4.92. The first kappa shape index (κ1) is 10.8. The maximum Gasteiger partial charge on any atom is 0.171 e. The third-order valence-corrected chi connectivity index (χ3v) is 3.45. The van der Waals surface area contributed by atoms with Gasteiger partial charge in [0.25, 0.3) is 0 Å². The minimum Gasteiger partial charge on any atom is -0.232 e. The summed E-state index contributed by atoms with van der Waals surface area (Å²) >= 11 is 1.64. The summed E-state index contributed by atoms with van der Waals surface area (Å²) in [5.74, 6) is 0.651. The molecular weight excluding hydrogens is 218 g/mol. The molecule has 2 rings (SSSR count). The summed E-state index contributed by atoms with van der Waals surface area (Å²) in [7, 11) is 0. The molecular formula is C12H11N3S. The van der Waals surface area contributed by atoms with Gasteiger partial charge in [-0.05, 0) is 32.9 Å². The lowest BCUT2D eigenvalue weighted by Gasteiger charge is -2.03. The fraction of sp³-hybridized carbons (Fsp3) is 0.250. The van der Waals surface area contributed by atoms with Crippen molar-refractivity contribution >= 4 is 11.3 Å². The van der Waals surface area contributed by atoms with E-state index in [1.807, 2.05) is 32.9 Å². The lowest BCUT2D eigenvalue weighted by molar-refractivity contribution is 1.05. The number of aromatic nitrogens is 2. The fourth-order valence-electron chi connectivity index (χ4n) is 1.40. The zero-order valence-corrected chi connectivity index (χ0v) is 10.2. The van der Waals surface area contributed by atoms with Crippen molar-refractivity contribution in [3.05, 3.63) is 34.0 Å². The van der Waals surface area contributed by atoms with Crippen LogP contribution in [0.1, 0.15) is 21.8 Å². The third-order valence-electron chi connectivity index (χ3n) is 2.46. The molecule has 0 aromatic carbocycles. The number of thiophene rings is 1. The maximum absolute atomic E-state index is 8.98. The van der Waals surface area contributed by atoms with Gasteiger partial charge in [-0.2, -0.15) is 5.26 Å². The topological polar surface area (TPSA) is 49.6 Å². The van der Waals surface area contributed by atoms with E-state index in [0.29, 0.717) is 11.5 Å². The lowest BCUT2D eigenvalue weighted by Crippen LogP contribution is -1.98. The number of hydrogen-bond acceptors (Lipinski definition) is 4. The first-order chi connectivity index (χ1) is 7.61. The molecule has 2 aromatic rings. The number of aryl methyl sites for hydroxylation is 2. The van der Waals surface area contributed by atoms with E-state index in [-0.39, 0.29) is 0 Å². The number of nitriles is 1. The van der Waals surface area contributed by atoms with Crippen LogP contribution in [0.15, 0.2) is 12.1 Å². The molecule has 0 fully saturated rings. The Hall–Kier alpha value is -1.73. The van der Waals surface area contributed by atoms with Gasteiger partial charge in [0.1, 0.15) is 11.8 Å². The van der Waals surface area contributed by atoms with Gasteiger partial charge in [-0.3, -0.25) is 0 Å². The molecule has 0 unspecified atom stereocenters. The molecule has 80 valence electrons. The van der Waals surface area contributed by atoms with Gasteiger partial charge in [-0.25, -0.2) is 9.97 Å². The van der Waals surface area contributed by atoms with Gasteiger partial charge in [0.15, 0.2) is 5.82 Å². The summed E-state index contributed by atoms with van der Waals surface area (Å²) in [4.78, 5) is 10.9. The highest BCUT2D eigenvalue weighted by molar-refractivity contribution is 7.15. The molecule has 0 bridgehead atoms. The average molecular weight is 229 g/mol. The molecule has 3 nitrogen and oxygen atoms in total. The highest BCUT2D eigenvalue weighted by atomic mass is 32.1. The van der Waals surface area contributed by atoms with Crippen LogP contribution in [0.5, 0.6) is 0 Å². The summed E-state index contributed by atoms with van der Waals surface area (Å²) in [6.45, 7) is 5.82. The van der Waals surface area contributed by atoms with Crippen molar-refractivity contribution in [1.29, 1.82) is 5.26 Å². The molecule has 16 heavy (non-hydrogen) atoms. The number of hydrogen-bond donors (Lipinski definition) is 0. The Kier molecular flexibility index (Phi) is 2.71. The molecule has 4 heteroatoms. The van der Waals surface area contributed by atoms with Gasteiger partial charge in [-0.1, -0.05) is 0 Å². The van der Waals surface area contributed by atoms with Crippen LogP contribution in [0, 0.1) is 32.1 Å². The van der Waals surface area contributed by atoms with Crippen LogP contribution in [0.25, 0.3) is 10.7 Å². The molecule has 2 aromatic heterocycles.